The quantitative estimate of drug-likeness (QED) is 0.450. The molecule has 0 bridgehead atoms. The molecular formula is C23H17FN2O2S. The molecule has 2 aromatic carbocycles. The van der Waals surface area contributed by atoms with Crippen LogP contribution in [0.15, 0.2) is 84.4 Å². The largest absolute Gasteiger partial charge is 0.457 e. The predicted octanol–water partition coefficient (Wildman–Crippen LogP) is 5.67. The monoisotopic (exact) mass is 404 g/mol. The number of pyridine rings is 1. The Hall–Kier alpha value is -3.51. The van der Waals surface area contributed by atoms with Crippen LogP contribution in [0.25, 0.3) is 10.6 Å². The molecule has 4 rings (SSSR count). The molecule has 0 radical (unpaired) electrons. The number of aromatic nitrogens is 1. The lowest BCUT2D eigenvalue weighted by atomic mass is 10.1. The highest BCUT2D eigenvalue weighted by Crippen LogP contribution is 2.24. The third-order valence-electron chi connectivity index (χ3n) is 4.20. The molecule has 0 saturated heterocycles. The minimum atomic E-state index is -0.330. The molecule has 0 aliphatic rings. The molecule has 144 valence electrons. The van der Waals surface area contributed by atoms with Crippen molar-refractivity contribution in [3.63, 3.8) is 0 Å². The number of hydrogen-bond acceptors (Lipinski definition) is 4. The molecule has 29 heavy (non-hydrogen) atoms. The third-order valence-corrected chi connectivity index (χ3v) is 5.09. The van der Waals surface area contributed by atoms with E-state index in [1.54, 1.807) is 41.8 Å². The number of hydrogen-bond donors (Lipinski definition) is 1. The van der Waals surface area contributed by atoms with E-state index >= 15 is 0 Å². The fourth-order valence-corrected chi connectivity index (χ4v) is 3.46. The number of benzene rings is 2. The zero-order valence-corrected chi connectivity index (χ0v) is 16.2. The topological polar surface area (TPSA) is 51.2 Å². The molecule has 0 aliphatic heterocycles. The number of amides is 1. The molecule has 1 N–H and O–H groups in total. The van der Waals surface area contributed by atoms with Crippen LogP contribution in [-0.4, -0.2) is 10.9 Å². The van der Waals surface area contributed by atoms with Gasteiger partial charge in [0.05, 0.1) is 10.6 Å². The van der Waals surface area contributed by atoms with Gasteiger partial charge in [-0.05, 0) is 71.6 Å². The van der Waals surface area contributed by atoms with Gasteiger partial charge in [-0.25, -0.2) is 4.39 Å². The number of thiophene rings is 1. The van der Waals surface area contributed by atoms with Gasteiger partial charge in [0.1, 0.15) is 17.3 Å². The van der Waals surface area contributed by atoms with Crippen LogP contribution >= 0.6 is 11.3 Å². The lowest BCUT2D eigenvalue weighted by Crippen LogP contribution is -2.22. The first-order valence-electron chi connectivity index (χ1n) is 8.98. The first-order chi connectivity index (χ1) is 14.2. The summed E-state index contributed by atoms with van der Waals surface area (Å²) in [5.74, 6) is 0.475. The molecular weight excluding hydrogens is 387 g/mol. The Labute approximate surface area is 171 Å². The van der Waals surface area contributed by atoms with Crippen LogP contribution in [0, 0.1) is 5.82 Å². The molecule has 4 aromatic rings. The van der Waals surface area contributed by atoms with Gasteiger partial charge in [-0.2, -0.15) is 0 Å². The molecule has 2 heterocycles. The number of nitrogens with one attached hydrogen (secondary N) is 1. The van der Waals surface area contributed by atoms with Gasteiger partial charge in [0.15, 0.2) is 0 Å². The van der Waals surface area contributed by atoms with E-state index in [9.17, 15) is 9.18 Å². The Balaban J connectivity index is 1.41. The molecule has 1 amide bonds. The van der Waals surface area contributed by atoms with Crippen molar-refractivity contribution in [1.29, 1.82) is 0 Å². The molecule has 2 aromatic heterocycles. The van der Waals surface area contributed by atoms with Crippen molar-refractivity contribution in [3.05, 3.63) is 101 Å². The fraction of sp³-hybridized carbons (Fsp3) is 0.0435. The lowest BCUT2D eigenvalue weighted by Gasteiger charge is -2.09. The van der Waals surface area contributed by atoms with Crippen LogP contribution in [-0.2, 0) is 6.54 Å². The standard InChI is InChI=1S/C23H17FN2O2S/c24-18-6-8-19(9-7-18)28-20-4-1-3-17(14-20)23(27)26-15-16-10-11-25-21(13-16)22-5-2-12-29-22/h1-14H,15H2,(H,26,27). The van der Waals surface area contributed by atoms with E-state index in [2.05, 4.69) is 10.3 Å². The average molecular weight is 404 g/mol. The smallest absolute Gasteiger partial charge is 0.251 e. The van der Waals surface area contributed by atoms with Gasteiger partial charge >= 0.3 is 0 Å². The normalized spacial score (nSPS) is 10.5. The van der Waals surface area contributed by atoms with E-state index in [4.69, 9.17) is 4.74 Å². The average Bonchev–Trinajstić information content (AvgIpc) is 3.29. The van der Waals surface area contributed by atoms with Gasteiger partial charge in [-0.15, -0.1) is 11.3 Å². The van der Waals surface area contributed by atoms with Crippen LogP contribution in [0.5, 0.6) is 11.5 Å². The molecule has 0 fully saturated rings. The Bertz CT molecular complexity index is 1110. The summed E-state index contributed by atoms with van der Waals surface area (Å²) in [5.41, 5.74) is 2.34. The van der Waals surface area contributed by atoms with Crippen molar-refractivity contribution >= 4 is 17.2 Å². The van der Waals surface area contributed by atoms with Crippen LogP contribution < -0.4 is 10.1 Å². The first kappa shape index (κ1) is 18.8. The van der Waals surface area contributed by atoms with Crippen LogP contribution in [0.4, 0.5) is 4.39 Å². The second kappa shape index (κ2) is 8.67. The van der Waals surface area contributed by atoms with Gasteiger partial charge in [-0.1, -0.05) is 12.1 Å². The molecule has 4 nitrogen and oxygen atoms in total. The first-order valence-corrected chi connectivity index (χ1v) is 9.86. The van der Waals surface area contributed by atoms with Crippen molar-refractivity contribution in [3.8, 4) is 22.1 Å². The molecule has 0 aliphatic carbocycles. The van der Waals surface area contributed by atoms with E-state index < -0.39 is 0 Å². The summed E-state index contributed by atoms with van der Waals surface area (Å²) in [7, 11) is 0. The van der Waals surface area contributed by atoms with Gasteiger partial charge < -0.3 is 10.1 Å². The van der Waals surface area contributed by atoms with Crippen molar-refractivity contribution in [2.45, 2.75) is 6.54 Å². The van der Waals surface area contributed by atoms with Crippen molar-refractivity contribution < 1.29 is 13.9 Å². The number of carbonyl (C=O) groups excluding carboxylic acids is 1. The van der Waals surface area contributed by atoms with E-state index in [-0.39, 0.29) is 11.7 Å². The van der Waals surface area contributed by atoms with Crippen molar-refractivity contribution in [2.24, 2.45) is 0 Å². The predicted molar refractivity (Wildman–Crippen MR) is 112 cm³/mol. The summed E-state index contributed by atoms with van der Waals surface area (Å²) in [6.45, 7) is 0.392. The van der Waals surface area contributed by atoms with Crippen molar-refractivity contribution in [2.75, 3.05) is 0 Å². The third kappa shape index (κ3) is 4.86. The summed E-state index contributed by atoms with van der Waals surface area (Å²) in [6.07, 6.45) is 1.74. The number of halogens is 1. The van der Waals surface area contributed by atoms with Gasteiger partial charge in [0, 0.05) is 18.3 Å². The van der Waals surface area contributed by atoms with Crippen molar-refractivity contribution in [1.82, 2.24) is 10.3 Å². The van der Waals surface area contributed by atoms with Gasteiger partial charge in [0.25, 0.3) is 5.91 Å². The highest BCUT2D eigenvalue weighted by molar-refractivity contribution is 7.13. The second-order valence-electron chi connectivity index (χ2n) is 6.29. The maximum atomic E-state index is 13.0. The van der Waals surface area contributed by atoms with Gasteiger partial charge in [0.2, 0.25) is 0 Å². The summed E-state index contributed by atoms with van der Waals surface area (Å²) in [5, 5.41) is 4.92. The Kier molecular flexibility index (Phi) is 5.63. The summed E-state index contributed by atoms with van der Waals surface area (Å²) in [4.78, 5) is 18.0. The van der Waals surface area contributed by atoms with E-state index in [0.717, 1.165) is 16.1 Å². The molecule has 0 atom stereocenters. The minimum Gasteiger partial charge on any atom is -0.457 e. The molecule has 0 saturated carbocycles. The second-order valence-corrected chi connectivity index (χ2v) is 7.24. The highest BCUT2D eigenvalue weighted by Gasteiger charge is 2.08. The van der Waals surface area contributed by atoms with E-state index in [1.165, 1.54) is 24.3 Å². The number of carbonyl (C=O) groups is 1. The maximum absolute atomic E-state index is 13.0. The summed E-state index contributed by atoms with van der Waals surface area (Å²) < 4.78 is 18.7. The van der Waals surface area contributed by atoms with Crippen LogP contribution in [0.2, 0.25) is 0 Å². The number of rotatable bonds is 6. The van der Waals surface area contributed by atoms with Crippen LogP contribution in [0.3, 0.4) is 0 Å². The van der Waals surface area contributed by atoms with Crippen LogP contribution in [0.1, 0.15) is 15.9 Å². The Morgan fingerprint density at radius 2 is 1.86 bits per heavy atom. The fourth-order valence-electron chi connectivity index (χ4n) is 2.77. The highest BCUT2D eigenvalue weighted by atomic mass is 32.1. The molecule has 6 heteroatoms. The minimum absolute atomic E-state index is 0.205. The number of ether oxygens (including phenoxy) is 1. The maximum Gasteiger partial charge on any atom is 0.251 e. The SMILES string of the molecule is O=C(NCc1ccnc(-c2cccs2)c1)c1cccc(Oc2ccc(F)cc2)c1. The molecule has 0 unspecified atom stereocenters. The summed E-state index contributed by atoms with van der Waals surface area (Å²) >= 11 is 1.62. The summed E-state index contributed by atoms with van der Waals surface area (Å²) in [6, 6.07) is 20.4. The zero-order valence-electron chi connectivity index (χ0n) is 15.3. The van der Waals surface area contributed by atoms with E-state index in [1.807, 2.05) is 29.6 Å². The number of nitrogens with zero attached hydrogens (tertiary/aromatic N) is 1. The Morgan fingerprint density at radius 3 is 2.66 bits per heavy atom. The Morgan fingerprint density at radius 1 is 1.00 bits per heavy atom. The zero-order chi connectivity index (χ0) is 20.1. The lowest BCUT2D eigenvalue weighted by molar-refractivity contribution is 0.0950. The van der Waals surface area contributed by atoms with E-state index in [0.29, 0.717) is 23.6 Å². The van der Waals surface area contributed by atoms with Gasteiger partial charge in [-0.3, -0.25) is 9.78 Å². The molecule has 0 spiro atoms.